The molecule has 0 aliphatic carbocycles. The van der Waals surface area contributed by atoms with Crippen molar-refractivity contribution in [3.05, 3.63) is 61.4 Å². The van der Waals surface area contributed by atoms with Crippen molar-refractivity contribution in [3.63, 3.8) is 0 Å². The van der Waals surface area contributed by atoms with Crippen LogP contribution in [0.5, 0.6) is 0 Å². The molecular formula is C22H20Cl2N4O4S. The molecule has 1 aromatic heterocycles. The van der Waals surface area contributed by atoms with Crippen LogP contribution < -0.4 is 10.2 Å². The smallest absolute Gasteiger partial charge is 0.287 e. The van der Waals surface area contributed by atoms with Crippen LogP contribution >= 0.6 is 34.5 Å². The van der Waals surface area contributed by atoms with Crippen molar-refractivity contribution in [2.24, 2.45) is 0 Å². The summed E-state index contributed by atoms with van der Waals surface area (Å²) < 4.78 is 0.348. The van der Waals surface area contributed by atoms with E-state index in [9.17, 15) is 19.7 Å². The Labute approximate surface area is 203 Å². The first-order valence-electron chi connectivity index (χ1n) is 10.3. The number of nitro benzene ring substituents is 1. The van der Waals surface area contributed by atoms with E-state index in [1.54, 1.807) is 30.3 Å². The Morgan fingerprint density at radius 3 is 2.48 bits per heavy atom. The number of hydrogen-bond donors (Lipinski definition) is 1. The van der Waals surface area contributed by atoms with Gasteiger partial charge in [-0.05, 0) is 12.1 Å². The number of carbonyl (C=O) groups excluding carboxylic acids is 2. The van der Waals surface area contributed by atoms with Gasteiger partial charge in [0.25, 0.3) is 11.6 Å². The number of nitro groups is 1. The number of thiophene rings is 1. The Balaban J connectivity index is 1.62. The van der Waals surface area contributed by atoms with Gasteiger partial charge in [-0.1, -0.05) is 48.3 Å². The average molecular weight is 507 g/mol. The van der Waals surface area contributed by atoms with E-state index in [0.717, 1.165) is 11.3 Å². The first kappa shape index (κ1) is 23.3. The standard InChI is InChI=1S/C22H20Cl2N4O4S/c1-2-17(29)26-9-11-27(12-10-26)19-14(23)6-4-7-15(19)25-22(30)21-18(24)13-5-3-8-16(28(31)32)20(13)33-21/h3-8H,2,9-12H2,1H3,(H,25,30). The fourth-order valence-corrected chi connectivity index (χ4v) is 5.67. The van der Waals surface area contributed by atoms with E-state index in [2.05, 4.69) is 5.32 Å². The van der Waals surface area contributed by atoms with Crippen LogP contribution in [0.1, 0.15) is 23.0 Å². The van der Waals surface area contributed by atoms with Crippen molar-refractivity contribution < 1.29 is 14.5 Å². The summed E-state index contributed by atoms with van der Waals surface area (Å²) in [5.74, 6) is -0.366. The van der Waals surface area contributed by atoms with Crippen LogP contribution in [0.15, 0.2) is 36.4 Å². The van der Waals surface area contributed by atoms with Gasteiger partial charge < -0.3 is 15.1 Å². The Morgan fingerprint density at radius 2 is 1.82 bits per heavy atom. The molecule has 2 aromatic carbocycles. The molecule has 0 saturated carbocycles. The lowest BCUT2D eigenvalue weighted by atomic mass is 10.2. The van der Waals surface area contributed by atoms with Gasteiger partial charge in [-0.3, -0.25) is 19.7 Å². The second kappa shape index (κ2) is 9.54. The predicted molar refractivity (Wildman–Crippen MR) is 132 cm³/mol. The van der Waals surface area contributed by atoms with Crippen LogP contribution in [0, 0.1) is 10.1 Å². The molecule has 0 bridgehead atoms. The number of benzene rings is 2. The topological polar surface area (TPSA) is 95.8 Å². The van der Waals surface area contributed by atoms with Gasteiger partial charge in [-0.2, -0.15) is 0 Å². The summed E-state index contributed by atoms with van der Waals surface area (Å²) in [7, 11) is 0. The summed E-state index contributed by atoms with van der Waals surface area (Å²) in [5.41, 5.74) is 1.08. The number of halogens is 2. The minimum atomic E-state index is -0.491. The number of para-hydroxylation sites is 1. The van der Waals surface area contributed by atoms with Crippen molar-refractivity contribution >= 4 is 73.5 Å². The van der Waals surface area contributed by atoms with Gasteiger partial charge in [0.05, 0.1) is 26.3 Å². The van der Waals surface area contributed by atoms with Crippen molar-refractivity contribution in [2.45, 2.75) is 13.3 Å². The lowest BCUT2D eigenvalue weighted by Gasteiger charge is -2.37. The highest BCUT2D eigenvalue weighted by Crippen LogP contribution is 2.41. The van der Waals surface area contributed by atoms with Crippen LogP contribution in [-0.4, -0.2) is 47.8 Å². The minimum absolute atomic E-state index is 0.0959. The molecule has 172 valence electrons. The molecule has 4 rings (SSSR count). The van der Waals surface area contributed by atoms with Crippen LogP contribution in [0.4, 0.5) is 17.1 Å². The zero-order valence-corrected chi connectivity index (χ0v) is 20.0. The van der Waals surface area contributed by atoms with Crippen molar-refractivity contribution in [1.82, 2.24) is 4.90 Å². The van der Waals surface area contributed by atoms with E-state index < -0.39 is 10.8 Å². The molecule has 1 N–H and O–H groups in total. The molecule has 0 atom stereocenters. The summed E-state index contributed by atoms with van der Waals surface area (Å²) in [4.78, 5) is 40.0. The maximum Gasteiger partial charge on any atom is 0.287 e. The molecule has 2 heterocycles. The summed E-state index contributed by atoms with van der Waals surface area (Å²) in [6, 6.07) is 9.79. The number of anilines is 2. The third kappa shape index (κ3) is 4.48. The average Bonchev–Trinajstić information content (AvgIpc) is 3.15. The largest absolute Gasteiger partial charge is 0.365 e. The molecule has 1 fully saturated rings. The third-order valence-corrected chi connectivity index (χ3v) is 7.56. The lowest BCUT2D eigenvalue weighted by molar-refractivity contribution is -0.382. The molecule has 0 spiro atoms. The molecule has 2 amide bonds. The van der Waals surface area contributed by atoms with E-state index in [1.165, 1.54) is 6.07 Å². The number of nitrogens with one attached hydrogen (secondary N) is 1. The number of rotatable bonds is 5. The first-order valence-corrected chi connectivity index (χ1v) is 11.9. The van der Waals surface area contributed by atoms with Gasteiger partial charge in [0.2, 0.25) is 5.91 Å². The van der Waals surface area contributed by atoms with Gasteiger partial charge in [0.1, 0.15) is 9.58 Å². The Morgan fingerprint density at radius 1 is 1.12 bits per heavy atom. The first-order chi connectivity index (χ1) is 15.8. The van der Waals surface area contributed by atoms with E-state index in [0.29, 0.717) is 59.1 Å². The van der Waals surface area contributed by atoms with E-state index >= 15 is 0 Å². The summed E-state index contributed by atoms with van der Waals surface area (Å²) in [6.07, 6.45) is 0.460. The molecule has 8 nitrogen and oxygen atoms in total. The predicted octanol–water partition coefficient (Wildman–Crippen LogP) is 5.43. The monoisotopic (exact) mass is 506 g/mol. The maximum atomic E-state index is 13.1. The van der Waals surface area contributed by atoms with Crippen LogP contribution in [0.3, 0.4) is 0 Å². The third-order valence-electron chi connectivity index (χ3n) is 5.52. The Bertz CT molecular complexity index is 1250. The summed E-state index contributed by atoms with van der Waals surface area (Å²) >= 11 is 13.9. The van der Waals surface area contributed by atoms with Gasteiger partial charge in [0, 0.05) is 44.1 Å². The molecule has 33 heavy (non-hydrogen) atoms. The molecular weight excluding hydrogens is 487 g/mol. The highest BCUT2D eigenvalue weighted by atomic mass is 35.5. The van der Waals surface area contributed by atoms with Gasteiger partial charge in [-0.25, -0.2) is 0 Å². The molecule has 1 aliphatic rings. The molecule has 1 aliphatic heterocycles. The molecule has 3 aromatic rings. The van der Waals surface area contributed by atoms with E-state index in [1.807, 2.05) is 16.7 Å². The SMILES string of the molecule is CCC(=O)N1CCN(c2c(Cl)cccc2NC(=O)c2sc3c([N+](=O)[O-])cccc3c2Cl)CC1. The molecule has 11 heteroatoms. The zero-order chi connectivity index (χ0) is 23.7. The fourth-order valence-electron chi connectivity index (χ4n) is 3.88. The van der Waals surface area contributed by atoms with Crippen LogP contribution in [-0.2, 0) is 4.79 Å². The lowest BCUT2D eigenvalue weighted by Crippen LogP contribution is -2.48. The second-order valence-corrected chi connectivity index (χ2v) is 9.27. The molecule has 0 unspecified atom stereocenters. The summed E-state index contributed by atoms with van der Waals surface area (Å²) in [6.45, 7) is 4.13. The normalized spacial score (nSPS) is 13.9. The summed E-state index contributed by atoms with van der Waals surface area (Å²) in [5, 5.41) is 15.3. The quantitative estimate of drug-likeness (QED) is 0.367. The fraction of sp³-hybridized carbons (Fsp3) is 0.273. The number of nitrogens with zero attached hydrogens (tertiary/aromatic N) is 3. The van der Waals surface area contributed by atoms with E-state index in [-0.39, 0.29) is 21.5 Å². The number of hydrogen-bond acceptors (Lipinski definition) is 6. The second-order valence-electron chi connectivity index (χ2n) is 7.47. The van der Waals surface area contributed by atoms with Gasteiger partial charge >= 0.3 is 0 Å². The number of fused-ring (bicyclic) bond motifs is 1. The highest BCUT2D eigenvalue weighted by Gasteiger charge is 2.26. The van der Waals surface area contributed by atoms with Gasteiger partial charge in [0.15, 0.2) is 0 Å². The molecule has 1 saturated heterocycles. The van der Waals surface area contributed by atoms with Crippen LogP contribution in [0.2, 0.25) is 10.0 Å². The van der Waals surface area contributed by atoms with Gasteiger partial charge in [-0.15, -0.1) is 11.3 Å². The maximum absolute atomic E-state index is 13.1. The minimum Gasteiger partial charge on any atom is -0.365 e. The number of piperazine rings is 1. The van der Waals surface area contributed by atoms with Crippen molar-refractivity contribution in [1.29, 1.82) is 0 Å². The number of carbonyl (C=O) groups is 2. The van der Waals surface area contributed by atoms with Crippen molar-refractivity contribution in [3.8, 4) is 0 Å². The zero-order valence-electron chi connectivity index (χ0n) is 17.6. The highest BCUT2D eigenvalue weighted by molar-refractivity contribution is 7.22. The van der Waals surface area contributed by atoms with Crippen LogP contribution in [0.25, 0.3) is 10.1 Å². The number of amides is 2. The number of non-ortho nitro benzene ring substituents is 1. The Kier molecular flexibility index (Phi) is 6.73. The van der Waals surface area contributed by atoms with E-state index in [4.69, 9.17) is 23.2 Å². The molecule has 0 radical (unpaired) electrons. The van der Waals surface area contributed by atoms with Crippen molar-refractivity contribution in [2.75, 3.05) is 36.4 Å². The Hall–Kier alpha value is -2.88.